The standard InChI is InChI=1S/C14H20ClN3O/c1-3-10(2)18(11-6-4-5-7-11)14-12(17-19)8-9-13(15)16-14/h8-11H,3-7H2,1-2H3/t10-/m0/s1. The molecule has 0 bridgehead atoms. The second-order valence-corrected chi connectivity index (χ2v) is 5.56. The van der Waals surface area contributed by atoms with Crippen molar-refractivity contribution in [2.75, 3.05) is 4.90 Å². The molecule has 1 fully saturated rings. The number of nitrogens with zero attached hydrogens (tertiary/aromatic N) is 3. The Hall–Kier alpha value is -1.16. The first-order valence-electron chi connectivity index (χ1n) is 6.95. The van der Waals surface area contributed by atoms with E-state index in [1.165, 1.54) is 12.8 Å². The smallest absolute Gasteiger partial charge is 0.160 e. The Bertz CT molecular complexity index is 446. The molecule has 1 aromatic heterocycles. The van der Waals surface area contributed by atoms with Gasteiger partial charge in [0.2, 0.25) is 0 Å². The Morgan fingerprint density at radius 1 is 1.47 bits per heavy atom. The lowest BCUT2D eigenvalue weighted by molar-refractivity contribution is 0.515. The van der Waals surface area contributed by atoms with Gasteiger partial charge < -0.3 is 4.90 Å². The summed E-state index contributed by atoms with van der Waals surface area (Å²) >= 11 is 5.99. The monoisotopic (exact) mass is 281 g/mol. The maximum Gasteiger partial charge on any atom is 0.160 e. The molecule has 1 aromatic rings. The van der Waals surface area contributed by atoms with E-state index in [-0.39, 0.29) is 0 Å². The van der Waals surface area contributed by atoms with E-state index in [1.807, 2.05) is 0 Å². The lowest BCUT2D eigenvalue weighted by atomic mass is 10.1. The molecule has 1 aliphatic carbocycles. The number of hydrogen-bond donors (Lipinski definition) is 0. The van der Waals surface area contributed by atoms with Crippen molar-refractivity contribution in [3.8, 4) is 0 Å². The van der Waals surface area contributed by atoms with Crippen LogP contribution in [-0.2, 0) is 0 Å². The molecule has 0 amide bonds. The summed E-state index contributed by atoms with van der Waals surface area (Å²) in [6.07, 6.45) is 5.78. The number of halogens is 1. The number of aromatic nitrogens is 1. The average molecular weight is 282 g/mol. The lowest BCUT2D eigenvalue weighted by Gasteiger charge is -2.35. The quantitative estimate of drug-likeness (QED) is 0.581. The molecule has 5 heteroatoms. The van der Waals surface area contributed by atoms with Gasteiger partial charge in [0, 0.05) is 12.1 Å². The van der Waals surface area contributed by atoms with E-state index in [2.05, 4.69) is 28.9 Å². The van der Waals surface area contributed by atoms with Crippen molar-refractivity contribution < 1.29 is 0 Å². The average Bonchev–Trinajstić information content (AvgIpc) is 2.93. The van der Waals surface area contributed by atoms with Gasteiger partial charge in [0.25, 0.3) is 0 Å². The van der Waals surface area contributed by atoms with E-state index in [9.17, 15) is 4.91 Å². The normalized spacial score (nSPS) is 17.4. The Kier molecular flexibility index (Phi) is 4.75. The van der Waals surface area contributed by atoms with Crippen LogP contribution in [-0.4, -0.2) is 17.1 Å². The van der Waals surface area contributed by atoms with Crippen molar-refractivity contribution >= 4 is 23.1 Å². The highest BCUT2D eigenvalue weighted by Gasteiger charge is 2.29. The van der Waals surface area contributed by atoms with Crippen molar-refractivity contribution in [1.29, 1.82) is 0 Å². The summed E-state index contributed by atoms with van der Waals surface area (Å²) in [6.45, 7) is 4.31. The van der Waals surface area contributed by atoms with Crippen LogP contribution in [0.15, 0.2) is 17.3 Å². The molecule has 0 aromatic carbocycles. The summed E-state index contributed by atoms with van der Waals surface area (Å²) in [6, 6.07) is 4.05. The molecule has 4 nitrogen and oxygen atoms in total. The number of rotatable bonds is 5. The molecule has 1 aliphatic rings. The van der Waals surface area contributed by atoms with Crippen molar-refractivity contribution in [1.82, 2.24) is 4.98 Å². The Labute approximate surface area is 119 Å². The molecular weight excluding hydrogens is 262 g/mol. The zero-order chi connectivity index (χ0) is 13.8. The van der Waals surface area contributed by atoms with Gasteiger partial charge in [0.05, 0.1) is 0 Å². The van der Waals surface area contributed by atoms with Gasteiger partial charge in [-0.3, -0.25) is 0 Å². The Morgan fingerprint density at radius 3 is 2.74 bits per heavy atom. The maximum atomic E-state index is 11.0. The highest BCUT2D eigenvalue weighted by molar-refractivity contribution is 6.29. The zero-order valence-corrected chi connectivity index (χ0v) is 12.2. The second kappa shape index (κ2) is 6.33. The number of hydrogen-bond acceptors (Lipinski definition) is 4. The maximum absolute atomic E-state index is 11.0. The highest BCUT2D eigenvalue weighted by atomic mass is 35.5. The summed E-state index contributed by atoms with van der Waals surface area (Å²) in [4.78, 5) is 17.6. The van der Waals surface area contributed by atoms with Gasteiger partial charge in [-0.25, -0.2) is 4.98 Å². The Morgan fingerprint density at radius 2 is 2.16 bits per heavy atom. The van der Waals surface area contributed by atoms with Crippen LogP contribution >= 0.6 is 11.6 Å². The first kappa shape index (κ1) is 14.3. The first-order valence-corrected chi connectivity index (χ1v) is 7.33. The van der Waals surface area contributed by atoms with Gasteiger partial charge in [0.15, 0.2) is 11.5 Å². The third-order valence-electron chi connectivity index (χ3n) is 3.95. The number of anilines is 1. The van der Waals surface area contributed by atoms with Crippen LogP contribution in [0, 0.1) is 4.91 Å². The molecule has 0 spiro atoms. The minimum Gasteiger partial charge on any atom is -0.349 e. The van der Waals surface area contributed by atoms with E-state index >= 15 is 0 Å². The SMILES string of the molecule is CC[C@H](C)N(c1nc(Cl)ccc1N=O)C1CCCC1. The molecule has 0 aliphatic heterocycles. The van der Waals surface area contributed by atoms with Crippen molar-refractivity contribution in [2.24, 2.45) is 5.18 Å². The zero-order valence-electron chi connectivity index (χ0n) is 11.5. The van der Waals surface area contributed by atoms with Gasteiger partial charge >= 0.3 is 0 Å². The molecule has 104 valence electrons. The van der Waals surface area contributed by atoms with Gasteiger partial charge in [0.1, 0.15) is 5.15 Å². The van der Waals surface area contributed by atoms with E-state index in [4.69, 9.17) is 11.6 Å². The van der Waals surface area contributed by atoms with E-state index in [1.54, 1.807) is 12.1 Å². The first-order chi connectivity index (χ1) is 9.17. The van der Waals surface area contributed by atoms with Gasteiger partial charge in [-0.15, -0.1) is 4.91 Å². The number of pyridine rings is 1. The minimum absolute atomic E-state index is 0.328. The van der Waals surface area contributed by atoms with Gasteiger partial charge in [-0.1, -0.05) is 31.4 Å². The fraction of sp³-hybridized carbons (Fsp3) is 0.643. The summed E-state index contributed by atoms with van der Waals surface area (Å²) < 4.78 is 0. The highest BCUT2D eigenvalue weighted by Crippen LogP contribution is 2.36. The van der Waals surface area contributed by atoms with Crippen LogP contribution in [0.25, 0.3) is 0 Å². The van der Waals surface area contributed by atoms with Crippen LogP contribution in [0.4, 0.5) is 11.5 Å². The summed E-state index contributed by atoms with van der Waals surface area (Å²) in [5.74, 6) is 0.642. The third kappa shape index (κ3) is 3.06. The van der Waals surface area contributed by atoms with E-state index < -0.39 is 0 Å². The molecular formula is C14H20ClN3O. The lowest BCUT2D eigenvalue weighted by Crippen LogP contribution is -2.41. The molecule has 1 atom stereocenters. The summed E-state index contributed by atoms with van der Waals surface area (Å²) in [5.41, 5.74) is 0.386. The Balaban J connectivity index is 2.41. The van der Waals surface area contributed by atoms with Crippen LogP contribution in [0.5, 0.6) is 0 Å². The minimum atomic E-state index is 0.328. The van der Waals surface area contributed by atoms with E-state index in [0.717, 1.165) is 19.3 Å². The fourth-order valence-corrected chi connectivity index (χ4v) is 2.94. The van der Waals surface area contributed by atoms with Crippen LogP contribution in [0.1, 0.15) is 46.0 Å². The molecule has 19 heavy (non-hydrogen) atoms. The summed E-state index contributed by atoms with van der Waals surface area (Å²) in [5, 5.41) is 3.52. The fourth-order valence-electron chi connectivity index (χ4n) is 2.80. The van der Waals surface area contributed by atoms with E-state index in [0.29, 0.717) is 28.7 Å². The van der Waals surface area contributed by atoms with Crippen LogP contribution < -0.4 is 4.90 Å². The molecule has 0 saturated heterocycles. The predicted molar refractivity (Wildman–Crippen MR) is 79.2 cm³/mol. The molecule has 2 rings (SSSR count). The molecule has 1 heterocycles. The van der Waals surface area contributed by atoms with Crippen molar-refractivity contribution in [3.63, 3.8) is 0 Å². The van der Waals surface area contributed by atoms with Crippen LogP contribution in [0.2, 0.25) is 5.15 Å². The molecule has 1 saturated carbocycles. The predicted octanol–water partition coefficient (Wildman–Crippen LogP) is 4.68. The van der Waals surface area contributed by atoms with Crippen molar-refractivity contribution in [2.45, 2.75) is 58.0 Å². The van der Waals surface area contributed by atoms with Gasteiger partial charge in [-0.05, 0) is 43.5 Å². The molecule has 0 unspecified atom stereocenters. The topological polar surface area (TPSA) is 45.6 Å². The largest absolute Gasteiger partial charge is 0.349 e. The molecule has 0 N–H and O–H groups in total. The number of nitroso groups, excluding NO2 is 1. The second-order valence-electron chi connectivity index (χ2n) is 5.17. The van der Waals surface area contributed by atoms with Crippen molar-refractivity contribution in [3.05, 3.63) is 22.2 Å². The summed E-state index contributed by atoms with van der Waals surface area (Å²) in [7, 11) is 0. The van der Waals surface area contributed by atoms with Gasteiger partial charge in [-0.2, -0.15) is 0 Å². The van der Waals surface area contributed by atoms with Crippen LogP contribution in [0.3, 0.4) is 0 Å². The third-order valence-corrected chi connectivity index (χ3v) is 4.16. The molecule has 0 radical (unpaired) electrons.